The minimum absolute atomic E-state index is 0.128. The number of benzene rings is 2. The van der Waals surface area contributed by atoms with Crippen LogP contribution in [0.25, 0.3) is 0 Å². The summed E-state index contributed by atoms with van der Waals surface area (Å²) in [5.41, 5.74) is 1.48. The first kappa shape index (κ1) is 13.4. The van der Waals surface area contributed by atoms with E-state index in [4.69, 9.17) is 11.6 Å². The van der Waals surface area contributed by atoms with E-state index in [9.17, 15) is 9.90 Å². The monoisotopic (exact) mass is 275 g/mol. The number of carbonyl (C=O) groups excluding carboxylic acids is 1. The van der Waals surface area contributed by atoms with E-state index in [1.54, 1.807) is 24.3 Å². The number of para-hydroxylation sites is 1. The van der Waals surface area contributed by atoms with Crippen LogP contribution in [-0.2, 0) is 17.8 Å². The van der Waals surface area contributed by atoms with Gasteiger partial charge >= 0.3 is 0 Å². The molecule has 0 aliphatic rings. The number of phenols is 1. The smallest absolute Gasteiger partial charge is 0.224 e. The van der Waals surface area contributed by atoms with Crippen molar-refractivity contribution in [1.29, 1.82) is 0 Å². The Hall–Kier alpha value is -2.00. The van der Waals surface area contributed by atoms with Crippen molar-refractivity contribution in [2.75, 3.05) is 0 Å². The number of hydrogen-bond donors (Lipinski definition) is 2. The molecule has 0 heterocycles. The highest BCUT2D eigenvalue weighted by molar-refractivity contribution is 6.31. The molecule has 0 aliphatic carbocycles. The summed E-state index contributed by atoms with van der Waals surface area (Å²) in [4.78, 5) is 11.8. The Bertz CT molecular complexity index is 584. The van der Waals surface area contributed by atoms with Gasteiger partial charge in [0.05, 0.1) is 6.42 Å². The molecule has 0 saturated carbocycles. The topological polar surface area (TPSA) is 49.3 Å². The maximum Gasteiger partial charge on any atom is 0.224 e. The number of nitrogens with one attached hydrogen (secondary N) is 1. The third kappa shape index (κ3) is 3.73. The largest absolute Gasteiger partial charge is 0.508 e. The fraction of sp³-hybridized carbons (Fsp3) is 0.133. The van der Waals surface area contributed by atoms with Crippen LogP contribution in [0.5, 0.6) is 5.75 Å². The van der Waals surface area contributed by atoms with Gasteiger partial charge in [0, 0.05) is 17.1 Å². The summed E-state index contributed by atoms with van der Waals surface area (Å²) in [6, 6.07) is 14.2. The maximum absolute atomic E-state index is 11.8. The molecule has 1 amide bonds. The molecule has 3 nitrogen and oxygen atoms in total. The molecule has 0 spiro atoms. The molecule has 0 aliphatic heterocycles. The standard InChI is InChI=1S/C15H14ClNO2/c16-13-7-3-1-5-11(13)9-15(19)17-10-12-6-2-4-8-14(12)18/h1-8,18H,9-10H2,(H,17,19). The Kier molecular flexibility index (Phi) is 4.42. The van der Waals surface area contributed by atoms with E-state index >= 15 is 0 Å². The predicted molar refractivity (Wildman–Crippen MR) is 75.1 cm³/mol. The van der Waals surface area contributed by atoms with Gasteiger partial charge in [-0.3, -0.25) is 4.79 Å². The Balaban J connectivity index is 1.92. The summed E-state index contributed by atoms with van der Waals surface area (Å²) < 4.78 is 0. The highest BCUT2D eigenvalue weighted by atomic mass is 35.5. The Morgan fingerprint density at radius 2 is 1.68 bits per heavy atom. The van der Waals surface area contributed by atoms with Gasteiger partial charge in [0.25, 0.3) is 0 Å². The first-order valence-electron chi connectivity index (χ1n) is 5.94. The lowest BCUT2D eigenvalue weighted by atomic mass is 10.1. The van der Waals surface area contributed by atoms with Gasteiger partial charge in [-0.25, -0.2) is 0 Å². The van der Waals surface area contributed by atoms with Crippen LogP contribution in [-0.4, -0.2) is 11.0 Å². The fourth-order valence-electron chi connectivity index (χ4n) is 1.73. The molecule has 0 fully saturated rings. The minimum atomic E-state index is -0.128. The van der Waals surface area contributed by atoms with Crippen molar-refractivity contribution < 1.29 is 9.90 Å². The number of carbonyl (C=O) groups is 1. The van der Waals surface area contributed by atoms with Crippen molar-refractivity contribution in [2.45, 2.75) is 13.0 Å². The van der Waals surface area contributed by atoms with E-state index in [2.05, 4.69) is 5.32 Å². The van der Waals surface area contributed by atoms with Gasteiger partial charge in [0.1, 0.15) is 5.75 Å². The van der Waals surface area contributed by atoms with Crippen LogP contribution in [0.15, 0.2) is 48.5 Å². The highest BCUT2D eigenvalue weighted by Crippen LogP contribution is 2.16. The van der Waals surface area contributed by atoms with Gasteiger partial charge in [-0.2, -0.15) is 0 Å². The average molecular weight is 276 g/mol. The lowest BCUT2D eigenvalue weighted by Gasteiger charge is -2.07. The fourth-order valence-corrected chi connectivity index (χ4v) is 1.93. The molecule has 2 N–H and O–H groups in total. The van der Waals surface area contributed by atoms with Gasteiger partial charge in [-0.05, 0) is 17.7 Å². The van der Waals surface area contributed by atoms with Crippen LogP contribution in [0.1, 0.15) is 11.1 Å². The first-order valence-corrected chi connectivity index (χ1v) is 6.31. The summed E-state index contributed by atoms with van der Waals surface area (Å²) in [6.07, 6.45) is 0.229. The molecule has 0 radical (unpaired) electrons. The van der Waals surface area contributed by atoms with Crippen LogP contribution in [0.4, 0.5) is 0 Å². The molecule has 19 heavy (non-hydrogen) atoms. The van der Waals surface area contributed by atoms with E-state index < -0.39 is 0 Å². The predicted octanol–water partition coefficient (Wildman–Crippen LogP) is 2.90. The summed E-state index contributed by atoms with van der Waals surface area (Å²) in [6.45, 7) is 0.302. The van der Waals surface area contributed by atoms with Crippen LogP contribution >= 0.6 is 11.6 Å². The van der Waals surface area contributed by atoms with E-state index in [0.29, 0.717) is 17.1 Å². The minimum Gasteiger partial charge on any atom is -0.508 e. The van der Waals surface area contributed by atoms with Crippen LogP contribution < -0.4 is 5.32 Å². The molecule has 98 valence electrons. The maximum atomic E-state index is 11.8. The lowest BCUT2D eigenvalue weighted by Crippen LogP contribution is -2.24. The van der Waals surface area contributed by atoms with E-state index in [1.807, 2.05) is 24.3 Å². The molecular weight excluding hydrogens is 262 g/mol. The molecule has 4 heteroatoms. The second-order valence-electron chi connectivity index (χ2n) is 4.17. The van der Waals surface area contributed by atoms with Crippen molar-refractivity contribution in [2.24, 2.45) is 0 Å². The third-order valence-electron chi connectivity index (χ3n) is 2.78. The summed E-state index contributed by atoms with van der Waals surface area (Å²) in [5, 5.41) is 12.9. The number of amides is 1. The Morgan fingerprint density at radius 3 is 2.37 bits per heavy atom. The molecule has 2 aromatic carbocycles. The molecule has 0 unspecified atom stereocenters. The van der Waals surface area contributed by atoms with E-state index in [-0.39, 0.29) is 18.1 Å². The quantitative estimate of drug-likeness (QED) is 0.901. The lowest BCUT2D eigenvalue weighted by molar-refractivity contribution is -0.120. The number of aromatic hydroxyl groups is 1. The number of halogens is 1. The first-order chi connectivity index (χ1) is 9.16. The van der Waals surface area contributed by atoms with Gasteiger partial charge in [0.2, 0.25) is 5.91 Å². The SMILES string of the molecule is O=C(Cc1ccccc1Cl)NCc1ccccc1O. The molecule has 0 bridgehead atoms. The molecular formula is C15H14ClNO2. The zero-order valence-electron chi connectivity index (χ0n) is 10.3. The normalized spacial score (nSPS) is 10.2. The van der Waals surface area contributed by atoms with Crippen LogP contribution in [0, 0.1) is 0 Å². The third-order valence-corrected chi connectivity index (χ3v) is 3.15. The molecule has 0 atom stereocenters. The van der Waals surface area contributed by atoms with Crippen molar-refractivity contribution in [1.82, 2.24) is 5.32 Å². The average Bonchev–Trinajstić information content (AvgIpc) is 2.40. The molecule has 2 rings (SSSR count). The van der Waals surface area contributed by atoms with Crippen molar-refractivity contribution in [3.05, 3.63) is 64.7 Å². The summed E-state index contributed by atoms with van der Waals surface area (Å²) >= 11 is 5.99. The Labute approximate surface area is 116 Å². The second-order valence-corrected chi connectivity index (χ2v) is 4.58. The van der Waals surface area contributed by atoms with E-state index in [1.165, 1.54) is 0 Å². The van der Waals surface area contributed by atoms with Gasteiger partial charge in [-0.15, -0.1) is 0 Å². The molecule has 0 saturated heterocycles. The highest BCUT2D eigenvalue weighted by Gasteiger charge is 2.07. The van der Waals surface area contributed by atoms with Crippen LogP contribution in [0.2, 0.25) is 5.02 Å². The number of phenolic OH excluding ortho intramolecular Hbond substituents is 1. The molecule has 0 aromatic heterocycles. The van der Waals surface area contributed by atoms with E-state index in [0.717, 1.165) is 5.56 Å². The van der Waals surface area contributed by atoms with Gasteiger partial charge < -0.3 is 10.4 Å². The van der Waals surface area contributed by atoms with Crippen LogP contribution in [0.3, 0.4) is 0 Å². The Morgan fingerprint density at radius 1 is 1.05 bits per heavy atom. The number of hydrogen-bond acceptors (Lipinski definition) is 2. The summed E-state index contributed by atoms with van der Waals surface area (Å²) in [5.74, 6) is 0.0527. The zero-order chi connectivity index (χ0) is 13.7. The van der Waals surface area contributed by atoms with Gasteiger partial charge in [0.15, 0.2) is 0 Å². The summed E-state index contributed by atoms with van der Waals surface area (Å²) in [7, 11) is 0. The van der Waals surface area contributed by atoms with Crippen molar-refractivity contribution >= 4 is 17.5 Å². The van der Waals surface area contributed by atoms with Crippen molar-refractivity contribution in [3.63, 3.8) is 0 Å². The molecule has 2 aromatic rings. The van der Waals surface area contributed by atoms with Crippen molar-refractivity contribution in [3.8, 4) is 5.75 Å². The number of rotatable bonds is 4. The zero-order valence-corrected chi connectivity index (χ0v) is 11.0. The van der Waals surface area contributed by atoms with Gasteiger partial charge in [-0.1, -0.05) is 48.0 Å². The second kappa shape index (κ2) is 6.25.